The van der Waals surface area contributed by atoms with Crippen molar-refractivity contribution in [1.82, 2.24) is 9.38 Å². The molecular formula is C23H26N2O4. The Kier molecular flexibility index (Phi) is 6.01. The fraction of sp³-hybridized carbons (Fsp3) is 0.348. The van der Waals surface area contributed by atoms with Crippen LogP contribution in [0.3, 0.4) is 0 Å². The molecule has 1 atom stereocenters. The van der Waals surface area contributed by atoms with Crippen LogP contribution in [0, 0.1) is 13.8 Å². The minimum Gasteiger partial charge on any atom is -0.479 e. The van der Waals surface area contributed by atoms with E-state index in [0.717, 1.165) is 11.1 Å². The first-order chi connectivity index (χ1) is 13.7. The third kappa shape index (κ3) is 4.83. The average molecular weight is 394 g/mol. The highest BCUT2D eigenvalue weighted by atomic mass is 16.6. The Morgan fingerprint density at radius 1 is 1.10 bits per heavy atom. The second-order valence-electron chi connectivity index (χ2n) is 7.56. The highest BCUT2D eigenvalue weighted by molar-refractivity contribution is 5.74. The molecule has 0 aliphatic carbocycles. The summed E-state index contributed by atoms with van der Waals surface area (Å²) >= 11 is 0. The lowest BCUT2D eigenvalue weighted by atomic mass is 9.98. The Morgan fingerprint density at radius 3 is 2.55 bits per heavy atom. The normalized spacial score (nSPS) is 12.2. The van der Waals surface area contributed by atoms with Crippen LogP contribution in [0.2, 0.25) is 0 Å². The molecule has 6 heteroatoms. The van der Waals surface area contributed by atoms with Crippen LogP contribution in [0.1, 0.15) is 49.1 Å². The van der Waals surface area contributed by atoms with Gasteiger partial charge in [0, 0.05) is 12.3 Å². The van der Waals surface area contributed by atoms with Crippen molar-refractivity contribution < 1.29 is 14.3 Å². The first-order valence-corrected chi connectivity index (χ1v) is 9.67. The number of carbonyl (C=O) groups is 1. The molecular weight excluding hydrogens is 368 g/mol. The zero-order valence-electron chi connectivity index (χ0n) is 17.4. The van der Waals surface area contributed by atoms with Crippen molar-refractivity contribution in [3.05, 3.63) is 75.3 Å². The first kappa shape index (κ1) is 20.6. The van der Waals surface area contributed by atoms with Crippen molar-refractivity contribution in [3.8, 4) is 5.75 Å². The molecule has 152 valence electrons. The minimum absolute atomic E-state index is 0.0858. The SMILES string of the molecule is Cc1ccc2nc(COC(=O)C(C)Oc3ccc(C(C)C)c(C)c3)cc(=O)n2c1. The Morgan fingerprint density at radius 2 is 1.86 bits per heavy atom. The van der Waals surface area contributed by atoms with E-state index in [0.29, 0.717) is 23.0 Å². The van der Waals surface area contributed by atoms with Crippen LogP contribution in [0.5, 0.6) is 5.75 Å². The van der Waals surface area contributed by atoms with Gasteiger partial charge in [-0.25, -0.2) is 9.78 Å². The van der Waals surface area contributed by atoms with E-state index < -0.39 is 12.1 Å². The van der Waals surface area contributed by atoms with Gasteiger partial charge >= 0.3 is 5.97 Å². The lowest BCUT2D eigenvalue weighted by Crippen LogP contribution is -2.26. The highest BCUT2D eigenvalue weighted by Crippen LogP contribution is 2.24. The molecule has 0 saturated heterocycles. The van der Waals surface area contributed by atoms with Crippen molar-refractivity contribution >= 4 is 11.6 Å². The summed E-state index contributed by atoms with van der Waals surface area (Å²) in [5, 5.41) is 0. The molecule has 1 aromatic carbocycles. The van der Waals surface area contributed by atoms with E-state index in [1.165, 1.54) is 16.0 Å². The lowest BCUT2D eigenvalue weighted by Gasteiger charge is -2.16. The number of pyridine rings is 1. The number of hydrogen-bond acceptors (Lipinski definition) is 5. The van der Waals surface area contributed by atoms with Crippen LogP contribution in [0.25, 0.3) is 5.65 Å². The molecule has 0 radical (unpaired) electrons. The fourth-order valence-corrected chi connectivity index (χ4v) is 3.22. The summed E-state index contributed by atoms with van der Waals surface area (Å²) in [6, 6.07) is 10.8. The molecule has 6 nitrogen and oxygen atoms in total. The van der Waals surface area contributed by atoms with Gasteiger partial charge in [0.25, 0.3) is 5.56 Å². The second kappa shape index (κ2) is 8.47. The van der Waals surface area contributed by atoms with Gasteiger partial charge in [0.2, 0.25) is 0 Å². The van der Waals surface area contributed by atoms with E-state index in [2.05, 4.69) is 18.8 Å². The highest BCUT2D eigenvalue weighted by Gasteiger charge is 2.18. The molecule has 0 N–H and O–H groups in total. The van der Waals surface area contributed by atoms with Gasteiger partial charge in [-0.05, 0) is 61.6 Å². The quantitative estimate of drug-likeness (QED) is 0.592. The number of nitrogens with zero attached hydrogens (tertiary/aromatic N) is 2. The van der Waals surface area contributed by atoms with Crippen LogP contribution in [-0.2, 0) is 16.1 Å². The maximum Gasteiger partial charge on any atom is 0.347 e. The van der Waals surface area contributed by atoms with E-state index in [1.54, 1.807) is 19.2 Å². The van der Waals surface area contributed by atoms with E-state index in [9.17, 15) is 9.59 Å². The molecule has 29 heavy (non-hydrogen) atoms. The van der Waals surface area contributed by atoms with Gasteiger partial charge in [0.05, 0.1) is 5.69 Å². The standard InChI is InChI=1S/C23H26N2O4/c1-14(2)20-8-7-19(10-16(20)4)29-17(5)23(27)28-13-18-11-22(26)25-12-15(3)6-9-21(25)24-18/h6-12,14,17H,13H2,1-5H3. The third-order valence-corrected chi connectivity index (χ3v) is 4.73. The van der Waals surface area contributed by atoms with Crippen LogP contribution in [0.4, 0.5) is 0 Å². The molecule has 1 unspecified atom stereocenters. The number of carbonyl (C=O) groups excluding carboxylic acids is 1. The topological polar surface area (TPSA) is 69.9 Å². The minimum atomic E-state index is -0.775. The van der Waals surface area contributed by atoms with E-state index in [1.807, 2.05) is 38.1 Å². The molecule has 0 amide bonds. The van der Waals surface area contributed by atoms with Crippen molar-refractivity contribution in [2.75, 3.05) is 0 Å². The predicted molar refractivity (Wildman–Crippen MR) is 111 cm³/mol. The number of benzene rings is 1. The summed E-state index contributed by atoms with van der Waals surface area (Å²) in [6.07, 6.45) is 0.951. The van der Waals surface area contributed by atoms with E-state index in [4.69, 9.17) is 9.47 Å². The second-order valence-corrected chi connectivity index (χ2v) is 7.56. The molecule has 2 heterocycles. The van der Waals surface area contributed by atoms with Crippen molar-refractivity contribution in [3.63, 3.8) is 0 Å². The predicted octanol–water partition coefficient (Wildman–Crippen LogP) is 3.95. The zero-order chi connectivity index (χ0) is 21.1. The Bertz CT molecular complexity index is 1100. The Balaban J connectivity index is 1.64. The Labute approximate surface area is 170 Å². The first-order valence-electron chi connectivity index (χ1n) is 9.67. The third-order valence-electron chi connectivity index (χ3n) is 4.73. The van der Waals surface area contributed by atoms with Crippen LogP contribution < -0.4 is 10.3 Å². The molecule has 0 saturated carbocycles. The molecule has 0 aliphatic rings. The molecule has 3 aromatic rings. The molecule has 0 bridgehead atoms. The van der Waals surface area contributed by atoms with E-state index in [-0.39, 0.29) is 12.2 Å². The summed E-state index contributed by atoms with van der Waals surface area (Å²) in [5.74, 6) is 0.532. The van der Waals surface area contributed by atoms with Gasteiger partial charge in [0.1, 0.15) is 18.0 Å². The number of rotatable bonds is 6. The van der Waals surface area contributed by atoms with E-state index >= 15 is 0 Å². The van der Waals surface area contributed by atoms with Gasteiger partial charge in [0.15, 0.2) is 6.10 Å². The summed E-state index contributed by atoms with van der Waals surface area (Å²) in [5.41, 5.74) is 4.03. The lowest BCUT2D eigenvalue weighted by molar-refractivity contribution is -0.152. The zero-order valence-corrected chi connectivity index (χ0v) is 17.4. The fourth-order valence-electron chi connectivity index (χ4n) is 3.22. The monoisotopic (exact) mass is 394 g/mol. The van der Waals surface area contributed by atoms with Crippen molar-refractivity contribution in [2.24, 2.45) is 0 Å². The van der Waals surface area contributed by atoms with Gasteiger partial charge in [-0.3, -0.25) is 9.20 Å². The Hall–Kier alpha value is -3.15. The van der Waals surface area contributed by atoms with Crippen LogP contribution in [0.15, 0.2) is 47.4 Å². The number of hydrogen-bond donors (Lipinski definition) is 0. The van der Waals surface area contributed by atoms with Crippen LogP contribution >= 0.6 is 0 Å². The number of aryl methyl sites for hydroxylation is 2. The molecule has 3 rings (SSSR count). The van der Waals surface area contributed by atoms with Gasteiger partial charge in [-0.2, -0.15) is 0 Å². The number of esters is 1. The smallest absolute Gasteiger partial charge is 0.347 e. The largest absolute Gasteiger partial charge is 0.479 e. The number of aromatic nitrogens is 2. The average Bonchev–Trinajstić information content (AvgIpc) is 2.66. The molecule has 0 spiro atoms. The number of fused-ring (bicyclic) bond motifs is 1. The van der Waals surface area contributed by atoms with Crippen molar-refractivity contribution in [2.45, 2.75) is 53.2 Å². The van der Waals surface area contributed by atoms with Crippen LogP contribution in [-0.4, -0.2) is 21.5 Å². The van der Waals surface area contributed by atoms with Gasteiger partial charge in [-0.1, -0.05) is 26.0 Å². The van der Waals surface area contributed by atoms with Gasteiger partial charge in [-0.15, -0.1) is 0 Å². The molecule has 2 aromatic heterocycles. The maximum absolute atomic E-state index is 12.3. The maximum atomic E-state index is 12.3. The summed E-state index contributed by atoms with van der Waals surface area (Å²) in [4.78, 5) is 28.9. The molecule has 0 fully saturated rings. The summed E-state index contributed by atoms with van der Waals surface area (Å²) in [7, 11) is 0. The summed E-state index contributed by atoms with van der Waals surface area (Å²) in [6.45, 7) is 9.75. The van der Waals surface area contributed by atoms with Crippen molar-refractivity contribution in [1.29, 1.82) is 0 Å². The number of ether oxygens (including phenoxy) is 2. The van der Waals surface area contributed by atoms with Gasteiger partial charge < -0.3 is 9.47 Å². The summed E-state index contributed by atoms with van der Waals surface area (Å²) < 4.78 is 12.5. The molecule has 0 aliphatic heterocycles.